The number of carbonyl (C=O) groups is 4. The second-order valence-electron chi connectivity index (χ2n) is 11.3. The van der Waals surface area contributed by atoms with E-state index in [4.69, 9.17) is 11.5 Å². The van der Waals surface area contributed by atoms with E-state index in [1.807, 2.05) is 48.5 Å². The van der Waals surface area contributed by atoms with Crippen LogP contribution >= 0.6 is 0 Å². The number of nitrogens with zero attached hydrogens (tertiary/aromatic N) is 3. The van der Waals surface area contributed by atoms with Gasteiger partial charge in [0.15, 0.2) is 5.96 Å². The summed E-state index contributed by atoms with van der Waals surface area (Å²) in [6, 6.07) is 18.3. The minimum Gasteiger partial charge on any atom is -0.370 e. The molecule has 2 aromatic carbocycles. The molecule has 46 heavy (non-hydrogen) atoms. The van der Waals surface area contributed by atoms with Crippen LogP contribution in [-0.2, 0) is 38.6 Å². The largest absolute Gasteiger partial charge is 0.370 e. The molecule has 4 rings (SSSR count). The molecule has 13 heteroatoms. The van der Waals surface area contributed by atoms with E-state index in [1.165, 1.54) is 6.92 Å². The molecule has 246 valence electrons. The van der Waals surface area contributed by atoms with Gasteiger partial charge < -0.3 is 37.7 Å². The summed E-state index contributed by atoms with van der Waals surface area (Å²) in [5.41, 5.74) is 18.4. The van der Waals surface area contributed by atoms with Crippen molar-refractivity contribution in [3.05, 3.63) is 90.0 Å². The van der Waals surface area contributed by atoms with Crippen molar-refractivity contribution in [3.63, 3.8) is 0 Å². The first-order valence-electron chi connectivity index (χ1n) is 15.4. The first-order valence-corrected chi connectivity index (χ1v) is 15.4. The van der Waals surface area contributed by atoms with Gasteiger partial charge in [-0.2, -0.15) is 0 Å². The summed E-state index contributed by atoms with van der Waals surface area (Å²) < 4.78 is 0. The number of likely N-dealkylation sites (tertiary alicyclic amines) is 1. The number of aromatic nitrogens is 2. The molecule has 2 heterocycles. The number of amides is 4. The Morgan fingerprint density at radius 3 is 2.28 bits per heavy atom. The van der Waals surface area contributed by atoms with Crippen molar-refractivity contribution in [3.8, 4) is 0 Å². The third kappa shape index (κ3) is 12.4. The molecule has 9 N–H and O–H groups in total. The van der Waals surface area contributed by atoms with Gasteiger partial charge >= 0.3 is 0 Å². The van der Waals surface area contributed by atoms with E-state index < -0.39 is 12.1 Å². The highest BCUT2D eigenvalue weighted by Gasteiger charge is 2.41. The van der Waals surface area contributed by atoms with Crippen molar-refractivity contribution in [2.45, 2.75) is 64.1 Å². The Kier molecular flexibility index (Phi) is 14.2. The molecule has 3 aromatic rings. The zero-order chi connectivity index (χ0) is 33.3. The second-order valence-corrected chi connectivity index (χ2v) is 11.3. The highest BCUT2D eigenvalue weighted by atomic mass is 16.2. The van der Waals surface area contributed by atoms with Crippen LogP contribution in [0, 0.1) is 5.92 Å². The van der Waals surface area contributed by atoms with Gasteiger partial charge in [0.25, 0.3) is 0 Å². The number of rotatable bonds is 14. The topological polar surface area (TPSA) is 215 Å². The van der Waals surface area contributed by atoms with Gasteiger partial charge in [0, 0.05) is 44.9 Å². The van der Waals surface area contributed by atoms with Crippen LogP contribution in [0.5, 0.6) is 0 Å². The number of aliphatic imine (C=N–C) groups is 1. The van der Waals surface area contributed by atoms with Gasteiger partial charge in [-0.05, 0) is 49.1 Å². The quantitative estimate of drug-likeness (QED) is 0.0866. The molecule has 4 amide bonds. The van der Waals surface area contributed by atoms with Gasteiger partial charge in [-0.15, -0.1) is 0 Å². The maximum Gasteiger partial charge on any atom is 0.245 e. The van der Waals surface area contributed by atoms with E-state index in [1.54, 1.807) is 17.4 Å². The molecule has 1 saturated heterocycles. The molecule has 3 atom stereocenters. The van der Waals surface area contributed by atoms with E-state index in [0.717, 1.165) is 23.2 Å². The van der Waals surface area contributed by atoms with Crippen LogP contribution < -0.4 is 27.8 Å². The van der Waals surface area contributed by atoms with E-state index in [9.17, 15) is 19.2 Å². The highest BCUT2D eigenvalue weighted by Crippen LogP contribution is 2.28. The smallest absolute Gasteiger partial charge is 0.245 e. The predicted molar refractivity (Wildman–Crippen MR) is 176 cm³/mol. The maximum atomic E-state index is 14.1. The Morgan fingerprint density at radius 1 is 1.02 bits per heavy atom. The molecule has 1 aromatic heterocycles. The number of hydrogen-bond acceptors (Lipinski definition) is 6. The summed E-state index contributed by atoms with van der Waals surface area (Å²) in [6.07, 6.45) is 6.00. The number of H-pyrrole nitrogens is 1. The maximum absolute atomic E-state index is 14.1. The standard InChI is InChI=1S/C31H40N8O3.C2H5NO/c32-31(33)35-15-7-12-26(38-28(40)14-13-25-19-34-21-37-25)30(42)39-20-24(16-22-8-3-1-4-9-22)17-27(39)29(41)36-18-23-10-5-2-6-11-23;1-2(3)4/h1-6,8-11,19,21,24,26-27H,7,12-18,20H2,(H,34,37)(H,36,41)(H,38,40)(H4,32,33,35);1H3,(H2,3,4)/t24-,26+,27+;/m1./s1. The zero-order valence-corrected chi connectivity index (χ0v) is 26.2. The third-order valence-corrected chi connectivity index (χ3v) is 7.41. The molecule has 0 saturated carbocycles. The molecule has 0 aliphatic carbocycles. The molecule has 0 spiro atoms. The Morgan fingerprint density at radius 2 is 1.67 bits per heavy atom. The molecule has 0 unspecified atom stereocenters. The van der Waals surface area contributed by atoms with E-state index in [-0.39, 0.29) is 41.9 Å². The molecule has 1 fully saturated rings. The Balaban J connectivity index is 0.00000136. The van der Waals surface area contributed by atoms with Gasteiger partial charge in [-0.1, -0.05) is 60.7 Å². The van der Waals surface area contributed by atoms with Gasteiger partial charge in [0.05, 0.1) is 6.33 Å². The van der Waals surface area contributed by atoms with Crippen molar-refractivity contribution in [2.75, 3.05) is 13.1 Å². The lowest BCUT2D eigenvalue weighted by atomic mass is 9.96. The fourth-order valence-electron chi connectivity index (χ4n) is 5.31. The van der Waals surface area contributed by atoms with Crippen molar-refractivity contribution >= 4 is 29.6 Å². The summed E-state index contributed by atoms with van der Waals surface area (Å²) in [6.45, 7) is 2.42. The van der Waals surface area contributed by atoms with Gasteiger partial charge in [0.1, 0.15) is 12.1 Å². The van der Waals surface area contributed by atoms with Crippen LogP contribution in [0.25, 0.3) is 0 Å². The Bertz CT molecular complexity index is 1410. The Hall–Kier alpha value is -5.20. The molecule has 0 radical (unpaired) electrons. The number of carbonyl (C=O) groups excluding carboxylic acids is 4. The number of primary amides is 1. The summed E-state index contributed by atoms with van der Waals surface area (Å²) >= 11 is 0. The van der Waals surface area contributed by atoms with Crippen molar-refractivity contribution < 1.29 is 19.2 Å². The van der Waals surface area contributed by atoms with E-state index in [2.05, 4.69) is 43.5 Å². The zero-order valence-electron chi connectivity index (χ0n) is 26.2. The number of nitrogens with one attached hydrogen (secondary N) is 3. The molecule has 1 aliphatic rings. The lowest BCUT2D eigenvalue weighted by molar-refractivity contribution is -0.141. The van der Waals surface area contributed by atoms with Crippen molar-refractivity contribution in [2.24, 2.45) is 28.1 Å². The van der Waals surface area contributed by atoms with Crippen LogP contribution in [0.15, 0.2) is 78.2 Å². The Labute approximate surface area is 269 Å². The monoisotopic (exact) mass is 631 g/mol. The van der Waals surface area contributed by atoms with Gasteiger partial charge in [-0.25, -0.2) is 4.98 Å². The number of aryl methyl sites for hydroxylation is 1. The number of guanidine groups is 1. The lowest BCUT2D eigenvalue weighted by Crippen LogP contribution is -2.53. The molecular formula is C33H45N9O4. The van der Waals surface area contributed by atoms with Crippen molar-refractivity contribution in [1.82, 2.24) is 25.5 Å². The van der Waals surface area contributed by atoms with E-state index >= 15 is 0 Å². The minimum atomic E-state index is -0.812. The number of benzene rings is 2. The summed E-state index contributed by atoms with van der Waals surface area (Å²) in [4.78, 5) is 62.3. The predicted octanol–water partition coefficient (Wildman–Crippen LogP) is 1.15. The third-order valence-electron chi connectivity index (χ3n) is 7.41. The SMILES string of the molecule is CC(N)=O.NC(N)=NCCC[C@H](NC(=O)CCc1cnc[nH]1)C(=O)N1C[C@H](Cc2ccccc2)C[C@H]1C(=O)NCc1ccccc1. The van der Waals surface area contributed by atoms with Crippen LogP contribution in [0.2, 0.25) is 0 Å². The number of aromatic amines is 1. The fourth-order valence-corrected chi connectivity index (χ4v) is 5.31. The van der Waals surface area contributed by atoms with Crippen LogP contribution in [0.1, 0.15) is 49.4 Å². The normalized spacial score (nSPS) is 16.0. The van der Waals surface area contributed by atoms with Crippen molar-refractivity contribution in [1.29, 1.82) is 0 Å². The summed E-state index contributed by atoms with van der Waals surface area (Å²) in [5, 5.41) is 5.93. The summed E-state index contributed by atoms with van der Waals surface area (Å²) in [5.74, 6) is -0.991. The molecular weight excluding hydrogens is 586 g/mol. The number of imidazole rings is 1. The second kappa shape index (κ2) is 18.6. The van der Waals surface area contributed by atoms with Gasteiger partial charge in [-0.3, -0.25) is 24.2 Å². The molecule has 1 aliphatic heterocycles. The average Bonchev–Trinajstić information content (AvgIpc) is 3.71. The number of nitrogens with two attached hydrogens (primary N) is 3. The minimum absolute atomic E-state index is 0.0279. The van der Waals surface area contributed by atoms with E-state index in [0.29, 0.717) is 45.3 Å². The highest BCUT2D eigenvalue weighted by molar-refractivity contribution is 5.92. The molecule has 13 nitrogen and oxygen atoms in total. The average molecular weight is 632 g/mol. The van der Waals surface area contributed by atoms with Gasteiger partial charge in [0.2, 0.25) is 23.6 Å². The lowest BCUT2D eigenvalue weighted by Gasteiger charge is -2.29. The summed E-state index contributed by atoms with van der Waals surface area (Å²) in [7, 11) is 0. The first kappa shape index (κ1) is 35.3. The fraction of sp³-hybridized carbons (Fsp3) is 0.394. The van der Waals surface area contributed by atoms with Crippen LogP contribution in [-0.4, -0.2) is 69.6 Å². The number of hydrogen-bond donors (Lipinski definition) is 6. The van der Waals surface area contributed by atoms with Crippen LogP contribution in [0.4, 0.5) is 0 Å². The first-order chi connectivity index (χ1) is 22.1. The van der Waals surface area contributed by atoms with Crippen LogP contribution in [0.3, 0.4) is 0 Å². The molecule has 0 bridgehead atoms.